The zero-order valence-corrected chi connectivity index (χ0v) is 14.0. The number of nitrogens with two attached hydrogens (primary N) is 1. The van der Waals surface area contributed by atoms with E-state index in [-0.39, 0.29) is 0 Å². The zero-order valence-electron chi connectivity index (χ0n) is 14.0. The minimum absolute atomic E-state index is 0.485. The summed E-state index contributed by atoms with van der Waals surface area (Å²) in [5.74, 6) is 8.52. The first kappa shape index (κ1) is 16.3. The van der Waals surface area contributed by atoms with Crippen molar-refractivity contribution in [3.8, 4) is 0 Å². The summed E-state index contributed by atoms with van der Waals surface area (Å²) in [5, 5.41) is 0. The van der Waals surface area contributed by atoms with Crippen molar-refractivity contribution in [1.82, 2.24) is 5.43 Å². The summed E-state index contributed by atoms with van der Waals surface area (Å²) in [4.78, 5) is 0. The van der Waals surface area contributed by atoms with E-state index in [1.54, 1.807) is 0 Å². The molecule has 1 atom stereocenters. The molecule has 0 spiro atoms. The van der Waals surface area contributed by atoms with Crippen LogP contribution < -0.4 is 11.3 Å². The van der Waals surface area contributed by atoms with Crippen molar-refractivity contribution in [1.29, 1.82) is 0 Å². The highest BCUT2D eigenvalue weighted by Crippen LogP contribution is 2.42. The van der Waals surface area contributed by atoms with E-state index in [4.69, 9.17) is 5.84 Å². The van der Waals surface area contributed by atoms with Crippen LogP contribution in [0.4, 0.5) is 0 Å². The number of hydrogen-bond acceptors (Lipinski definition) is 2. The van der Waals surface area contributed by atoms with Gasteiger partial charge in [0.2, 0.25) is 0 Å². The van der Waals surface area contributed by atoms with Crippen molar-refractivity contribution in [3.05, 3.63) is 0 Å². The maximum absolute atomic E-state index is 5.96. The van der Waals surface area contributed by atoms with Crippen LogP contribution in [0.1, 0.15) is 85.0 Å². The summed E-state index contributed by atoms with van der Waals surface area (Å²) in [6.45, 7) is 7.21. The van der Waals surface area contributed by atoms with Crippen molar-refractivity contribution in [2.75, 3.05) is 0 Å². The van der Waals surface area contributed by atoms with Crippen LogP contribution in [0, 0.1) is 23.2 Å². The Balaban J connectivity index is 1.89. The quantitative estimate of drug-likeness (QED) is 0.449. The molecule has 0 aromatic heterocycles. The van der Waals surface area contributed by atoms with Crippen LogP contribution >= 0.6 is 0 Å². The lowest BCUT2D eigenvalue weighted by atomic mass is 9.67. The second kappa shape index (κ2) is 7.26. The van der Waals surface area contributed by atoms with Gasteiger partial charge in [0.25, 0.3) is 0 Å². The lowest BCUT2D eigenvalue weighted by molar-refractivity contribution is 0.113. The monoisotopic (exact) mass is 280 g/mol. The molecule has 3 N–H and O–H groups in total. The largest absolute Gasteiger partial charge is 0.271 e. The van der Waals surface area contributed by atoms with Gasteiger partial charge < -0.3 is 0 Å². The summed E-state index contributed by atoms with van der Waals surface area (Å²) in [7, 11) is 0. The van der Waals surface area contributed by atoms with Gasteiger partial charge in [0, 0.05) is 6.04 Å². The topological polar surface area (TPSA) is 38.0 Å². The van der Waals surface area contributed by atoms with Crippen LogP contribution in [0.2, 0.25) is 0 Å². The molecular weight excluding hydrogens is 244 g/mol. The third-order valence-corrected chi connectivity index (χ3v) is 6.10. The number of hydrazine groups is 1. The maximum atomic E-state index is 5.96. The molecule has 0 saturated heterocycles. The molecule has 0 aromatic carbocycles. The van der Waals surface area contributed by atoms with Crippen molar-refractivity contribution in [3.63, 3.8) is 0 Å². The molecule has 2 rings (SSSR count). The van der Waals surface area contributed by atoms with E-state index in [9.17, 15) is 0 Å². The van der Waals surface area contributed by atoms with Gasteiger partial charge in [-0.25, -0.2) is 0 Å². The number of hydrogen-bond donors (Lipinski definition) is 2. The molecule has 118 valence electrons. The molecule has 2 aliphatic rings. The average molecular weight is 280 g/mol. The Bertz CT molecular complexity index is 266. The van der Waals surface area contributed by atoms with E-state index >= 15 is 0 Å². The van der Waals surface area contributed by atoms with E-state index < -0.39 is 0 Å². The second-order valence-corrected chi connectivity index (χ2v) is 8.42. The molecule has 2 aliphatic carbocycles. The standard InChI is InChI=1S/C18H36N2/c1-18(2,3)16-12-10-15(11-13-16)17(20-19)14-8-6-4-5-7-9-14/h14-17,20H,4-13,19H2,1-3H3. The number of nitrogens with one attached hydrogen (secondary N) is 1. The molecule has 0 radical (unpaired) electrons. The zero-order chi connectivity index (χ0) is 14.6. The molecule has 0 heterocycles. The normalized spacial score (nSPS) is 31.8. The molecule has 0 aliphatic heterocycles. The summed E-state index contributed by atoms with van der Waals surface area (Å²) in [6, 6.07) is 0.578. The van der Waals surface area contributed by atoms with Crippen molar-refractivity contribution in [2.45, 2.75) is 91.0 Å². The van der Waals surface area contributed by atoms with Gasteiger partial charge in [0.1, 0.15) is 0 Å². The Morgan fingerprint density at radius 1 is 0.800 bits per heavy atom. The highest BCUT2D eigenvalue weighted by Gasteiger charge is 2.35. The van der Waals surface area contributed by atoms with Gasteiger partial charge in [-0.05, 0) is 61.7 Å². The Labute approximate surface area is 126 Å². The van der Waals surface area contributed by atoms with Crippen LogP contribution in [0.3, 0.4) is 0 Å². The Morgan fingerprint density at radius 2 is 1.30 bits per heavy atom. The van der Waals surface area contributed by atoms with E-state index in [1.165, 1.54) is 64.2 Å². The van der Waals surface area contributed by atoms with Gasteiger partial charge in [-0.3, -0.25) is 11.3 Å². The molecule has 2 nitrogen and oxygen atoms in total. The molecule has 0 aromatic rings. The van der Waals surface area contributed by atoms with Gasteiger partial charge >= 0.3 is 0 Å². The first-order valence-electron chi connectivity index (χ1n) is 8.98. The molecule has 0 amide bonds. The lowest BCUT2D eigenvalue weighted by Gasteiger charge is -2.41. The second-order valence-electron chi connectivity index (χ2n) is 8.42. The third-order valence-electron chi connectivity index (χ3n) is 6.10. The van der Waals surface area contributed by atoms with E-state index in [1.807, 2.05) is 0 Å². The molecule has 2 fully saturated rings. The van der Waals surface area contributed by atoms with Crippen LogP contribution in [-0.4, -0.2) is 6.04 Å². The predicted octanol–water partition coefficient (Wildman–Crippen LogP) is 4.64. The highest BCUT2D eigenvalue weighted by atomic mass is 15.2. The van der Waals surface area contributed by atoms with Crippen LogP contribution in [0.25, 0.3) is 0 Å². The minimum Gasteiger partial charge on any atom is -0.271 e. The van der Waals surface area contributed by atoms with Crippen LogP contribution in [0.15, 0.2) is 0 Å². The minimum atomic E-state index is 0.485. The van der Waals surface area contributed by atoms with E-state index in [2.05, 4.69) is 26.2 Å². The van der Waals surface area contributed by atoms with E-state index in [0.717, 1.165) is 17.8 Å². The van der Waals surface area contributed by atoms with Gasteiger partial charge in [-0.1, -0.05) is 46.5 Å². The molecule has 20 heavy (non-hydrogen) atoms. The van der Waals surface area contributed by atoms with Crippen molar-refractivity contribution in [2.24, 2.45) is 29.0 Å². The van der Waals surface area contributed by atoms with Gasteiger partial charge in [0.05, 0.1) is 0 Å². The lowest BCUT2D eigenvalue weighted by Crippen LogP contribution is -2.47. The highest BCUT2D eigenvalue weighted by molar-refractivity contribution is 4.88. The van der Waals surface area contributed by atoms with Gasteiger partial charge in [-0.2, -0.15) is 0 Å². The van der Waals surface area contributed by atoms with Crippen molar-refractivity contribution < 1.29 is 0 Å². The molecule has 1 unspecified atom stereocenters. The SMILES string of the molecule is CC(C)(C)C1CCC(C(NN)C2CCCCCC2)CC1. The molecular formula is C18H36N2. The maximum Gasteiger partial charge on any atom is 0.0266 e. The molecule has 2 heteroatoms. The summed E-state index contributed by atoms with van der Waals surface area (Å²) in [6.07, 6.45) is 14.1. The predicted molar refractivity (Wildman–Crippen MR) is 87.2 cm³/mol. The first-order chi connectivity index (χ1) is 9.52. The van der Waals surface area contributed by atoms with Gasteiger partial charge in [-0.15, -0.1) is 0 Å². The third kappa shape index (κ3) is 4.21. The summed E-state index contributed by atoms with van der Waals surface area (Å²) in [5.41, 5.74) is 3.71. The van der Waals surface area contributed by atoms with Crippen molar-refractivity contribution >= 4 is 0 Å². The fourth-order valence-electron chi connectivity index (χ4n) is 4.67. The fraction of sp³-hybridized carbons (Fsp3) is 1.00. The number of rotatable bonds is 3. The van der Waals surface area contributed by atoms with Crippen LogP contribution in [-0.2, 0) is 0 Å². The summed E-state index contributed by atoms with van der Waals surface area (Å²) >= 11 is 0. The van der Waals surface area contributed by atoms with Crippen LogP contribution in [0.5, 0.6) is 0 Å². The Morgan fingerprint density at radius 3 is 1.75 bits per heavy atom. The van der Waals surface area contributed by atoms with Gasteiger partial charge in [0.15, 0.2) is 0 Å². The average Bonchev–Trinajstić information content (AvgIpc) is 2.68. The Kier molecular flexibility index (Phi) is 5.92. The molecule has 2 saturated carbocycles. The van der Waals surface area contributed by atoms with E-state index in [0.29, 0.717) is 11.5 Å². The fourth-order valence-corrected chi connectivity index (χ4v) is 4.67. The smallest absolute Gasteiger partial charge is 0.0266 e. The Hall–Kier alpha value is -0.0800. The summed E-state index contributed by atoms with van der Waals surface area (Å²) < 4.78 is 0. The first-order valence-corrected chi connectivity index (χ1v) is 8.98. The molecule has 0 bridgehead atoms.